The molecule has 8 heteroatoms. The summed E-state index contributed by atoms with van der Waals surface area (Å²) >= 11 is 0. The minimum atomic E-state index is -0.758. The molecular formula is C18H22N4O4. The maximum atomic E-state index is 12.4. The van der Waals surface area contributed by atoms with Crippen molar-refractivity contribution in [3.63, 3.8) is 0 Å². The number of rotatable bonds is 6. The second-order valence-corrected chi connectivity index (χ2v) is 6.77. The highest BCUT2D eigenvalue weighted by Crippen LogP contribution is 2.28. The largest absolute Gasteiger partial charge is 0.481 e. The average molecular weight is 358 g/mol. The van der Waals surface area contributed by atoms with E-state index in [4.69, 9.17) is 20.7 Å². The minimum Gasteiger partial charge on any atom is -0.481 e. The highest BCUT2D eigenvalue weighted by atomic mass is 16.4. The lowest BCUT2D eigenvalue weighted by Gasteiger charge is -2.28. The SMILES string of the molecule is N=C(N)c1cnc2oc(C(=O)N[C@H]3CC[C@H](CCC(=O)O)CC3)cc2c1. The summed E-state index contributed by atoms with van der Waals surface area (Å²) in [7, 11) is 0. The number of carboxylic acids is 1. The number of nitrogens with one attached hydrogen (secondary N) is 2. The number of carbonyl (C=O) groups excluding carboxylic acids is 1. The molecule has 0 aliphatic heterocycles. The summed E-state index contributed by atoms with van der Waals surface area (Å²) in [5, 5.41) is 19.8. The Labute approximate surface area is 150 Å². The van der Waals surface area contributed by atoms with E-state index in [2.05, 4.69) is 10.3 Å². The maximum Gasteiger partial charge on any atom is 0.303 e. The summed E-state index contributed by atoms with van der Waals surface area (Å²) in [5.74, 6) is -0.541. The standard InChI is InChI=1S/C18H22N4O4/c19-16(20)12-7-11-8-14(26-18(11)21-9-12)17(25)22-13-4-1-10(2-5-13)3-6-15(23)24/h7-10,13H,1-6H2,(H3,19,20)(H,22,25)(H,23,24)/t10-,13-. The van der Waals surface area contributed by atoms with Gasteiger partial charge in [-0.1, -0.05) is 0 Å². The molecular weight excluding hydrogens is 336 g/mol. The van der Waals surface area contributed by atoms with Gasteiger partial charge in [-0.2, -0.15) is 0 Å². The molecule has 26 heavy (non-hydrogen) atoms. The van der Waals surface area contributed by atoms with E-state index in [1.54, 1.807) is 12.1 Å². The maximum absolute atomic E-state index is 12.4. The van der Waals surface area contributed by atoms with Crippen LogP contribution in [0.4, 0.5) is 0 Å². The first-order valence-corrected chi connectivity index (χ1v) is 8.69. The molecule has 1 fully saturated rings. The zero-order valence-electron chi connectivity index (χ0n) is 14.3. The molecule has 8 nitrogen and oxygen atoms in total. The number of pyridine rings is 1. The number of carbonyl (C=O) groups is 2. The van der Waals surface area contributed by atoms with Gasteiger partial charge in [0.25, 0.3) is 5.91 Å². The first kappa shape index (κ1) is 17.9. The zero-order chi connectivity index (χ0) is 18.7. The van der Waals surface area contributed by atoms with Crippen molar-refractivity contribution < 1.29 is 19.1 Å². The van der Waals surface area contributed by atoms with Gasteiger partial charge >= 0.3 is 5.97 Å². The normalized spacial score (nSPS) is 20.0. The van der Waals surface area contributed by atoms with Crippen LogP contribution in [0, 0.1) is 11.3 Å². The molecule has 0 bridgehead atoms. The number of aliphatic carboxylic acids is 1. The van der Waals surface area contributed by atoms with Crippen molar-refractivity contribution in [2.75, 3.05) is 0 Å². The van der Waals surface area contributed by atoms with E-state index in [9.17, 15) is 9.59 Å². The molecule has 0 aromatic carbocycles. The predicted octanol–water partition coefficient (Wildman–Crippen LogP) is 2.27. The number of hydrogen-bond acceptors (Lipinski definition) is 5. The van der Waals surface area contributed by atoms with Gasteiger partial charge in [0, 0.05) is 29.6 Å². The Morgan fingerprint density at radius 1 is 1.31 bits per heavy atom. The van der Waals surface area contributed by atoms with Crippen LogP contribution in [0.3, 0.4) is 0 Å². The number of aromatic nitrogens is 1. The van der Waals surface area contributed by atoms with Crippen LogP contribution in [0.15, 0.2) is 22.7 Å². The van der Waals surface area contributed by atoms with Crippen LogP contribution in [0.25, 0.3) is 11.1 Å². The monoisotopic (exact) mass is 358 g/mol. The van der Waals surface area contributed by atoms with E-state index in [-0.39, 0.29) is 30.0 Å². The molecule has 5 N–H and O–H groups in total. The van der Waals surface area contributed by atoms with Crippen LogP contribution in [-0.2, 0) is 4.79 Å². The number of furan rings is 1. The van der Waals surface area contributed by atoms with Gasteiger partial charge in [-0.15, -0.1) is 0 Å². The molecule has 2 heterocycles. The van der Waals surface area contributed by atoms with Gasteiger partial charge in [0.1, 0.15) is 5.84 Å². The fourth-order valence-electron chi connectivity index (χ4n) is 3.37. The number of nitrogens with two attached hydrogens (primary N) is 1. The van der Waals surface area contributed by atoms with E-state index >= 15 is 0 Å². The number of nitrogen functional groups attached to an aromatic ring is 1. The second-order valence-electron chi connectivity index (χ2n) is 6.77. The summed E-state index contributed by atoms with van der Waals surface area (Å²) in [6, 6.07) is 3.33. The summed E-state index contributed by atoms with van der Waals surface area (Å²) in [6.07, 6.45) is 5.85. The molecule has 1 aliphatic carbocycles. The molecule has 2 aromatic heterocycles. The highest BCUT2D eigenvalue weighted by Gasteiger charge is 2.24. The number of nitrogens with zero attached hydrogens (tertiary/aromatic N) is 1. The van der Waals surface area contributed by atoms with E-state index < -0.39 is 5.97 Å². The van der Waals surface area contributed by atoms with Crippen LogP contribution in [0.5, 0.6) is 0 Å². The molecule has 1 aliphatic rings. The Morgan fingerprint density at radius 3 is 2.69 bits per heavy atom. The van der Waals surface area contributed by atoms with Gasteiger partial charge < -0.3 is 20.6 Å². The Bertz CT molecular complexity index is 837. The molecule has 1 saturated carbocycles. The van der Waals surface area contributed by atoms with Crippen LogP contribution < -0.4 is 11.1 Å². The van der Waals surface area contributed by atoms with Crippen molar-refractivity contribution >= 4 is 28.8 Å². The first-order valence-electron chi connectivity index (χ1n) is 8.69. The predicted molar refractivity (Wildman–Crippen MR) is 95.1 cm³/mol. The van der Waals surface area contributed by atoms with Crippen molar-refractivity contribution in [1.29, 1.82) is 5.41 Å². The summed E-state index contributed by atoms with van der Waals surface area (Å²) in [5.41, 5.74) is 6.25. The molecule has 3 rings (SSSR count). The van der Waals surface area contributed by atoms with Crippen molar-refractivity contribution in [3.05, 3.63) is 29.7 Å². The quantitative estimate of drug-likeness (QED) is 0.461. The third kappa shape index (κ3) is 4.19. The molecule has 2 aromatic rings. The van der Waals surface area contributed by atoms with Gasteiger partial charge in [0.05, 0.1) is 0 Å². The summed E-state index contributed by atoms with van der Waals surface area (Å²) in [6.45, 7) is 0. The number of carboxylic acid groups (broad SMARTS) is 1. The van der Waals surface area contributed by atoms with Crippen LogP contribution in [0.2, 0.25) is 0 Å². The molecule has 0 saturated heterocycles. The van der Waals surface area contributed by atoms with Gasteiger partial charge in [-0.25, -0.2) is 4.98 Å². The molecule has 0 radical (unpaired) electrons. The number of fused-ring (bicyclic) bond motifs is 1. The Balaban J connectivity index is 1.58. The van der Waals surface area contributed by atoms with E-state index in [0.29, 0.717) is 29.0 Å². The summed E-state index contributed by atoms with van der Waals surface area (Å²) < 4.78 is 5.49. The van der Waals surface area contributed by atoms with Gasteiger partial charge in [-0.3, -0.25) is 15.0 Å². The molecule has 0 spiro atoms. The van der Waals surface area contributed by atoms with Gasteiger partial charge in [0.2, 0.25) is 5.71 Å². The molecule has 138 valence electrons. The number of amides is 1. The average Bonchev–Trinajstić information content (AvgIpc) is 3.04. The third-order valence-corrected chi connectivity index (χ3v) is 4.86. The summed E-state index contributed by atoms with van der Waals surface area (Å²) in [4.78, 5) is 27.2. The molecule has 0 atom stereocenters. The smallest absolute Gasteiger partial charge is 0.303 e. The topological polar surface area (TPSA) is 142 Å². The lowest BCUT2D eigenvalue weighted by atomic mass is 9.83. The van der Waals surface area contributed by atoms with Crippen molar-refractivity contribution in [2.24, 2.45) is 11.7 Å². The fourth-order valence-corrected chi connectivity index (χ4v) is 3.37. The molecule has 0 unspecified atom stereocenters. The third-order valence-electron chi connectivity index (χ3n) is 4.86. The van der Waals surface area contributed by atoms with Crippen molar-refractivity contribution in [3.8, 4) is 0 Å². The number of hydrogen-bond donors (Lipinski definition) is 4. The van der Waals surface area contributed by atoms with Crippen LogP contribution in [-0.4, -0.2) is 33.8 Å². The highest BCUT2D eigenvalue weighted by molar-refractivity contribution is 5.99. The van der Waals surface area contributed by atoms with Crippen molar-refractivity contribution in [2.45, 2.75) is 44.6 Å². The van der Waals surface area contributed by atoms with Gasteiger partial charge in [0.15, 0.2) is 5.76 Å². The lowest BCUT2D eigenvalue weighted by Crippen LogP contribution is -2.37. The Kier molecular flexibility index (Phi) is 5.20. The number of amidine groups is 1. The zero-order valence-corrected chi connectivity index (χ0v) is 14.3. The second kappa shape index (κ2) is 7.55. The Hall–Kier alpha value is -2.90. The van der Waals surface area contributed by atoms with Gasteiger partial charge in [-0.05, 0) is 50.2 Å². The van der Waals surface area contributed by atoms with E-state index in [1.165, 1.54) is 6.20 Å². The molecule has 1 amide bonds. The van der Waals surface area contributed by atoms with E-state index in [1.807, 2.05) is 0 Å². The Morgan fingerprint density at radius 2 is 2.04 bits per heavy atom. The first-order chi connectivity index (χ1) is 12.4. The van der Waals surface area contributed by atoms with Crippen molar-refractivity contribution in [1.82, 2.24) is 10.3 Å². The minimum absolute atomic E-state index is 0.0672. The van der Waals surface area contributed by atoms with Crippen LogP contribution in [0.1, 0.15) is 54.6 Å². The lowest BCUT2D eigenvalue weighted by molar-refractivity contribution is -0.137. The fraction of sp³-hybridized carbons (Fsp3) is 0.444. The van der Waals surface area contributed by atoms with E-state index in [0.717, 1.165) is 25.7 Å². The van der Waals surface area contributed by atoms with Crippen LogP contribution >= 0.6 is 0 Å².